The van der Waals surface area contributed by atoms with E-state index >= 15 is 0 Å². The van der Waals surface area contributed by atoms with E-state index in [2.05, 4.69) is 4.98 Å². The van der Waals surface area contributed by atoms with Crippen molar-refractivity contribution in [2.45, 2.75) is 12.8 Å². The number of aromatic nitrogens is 1. The van der Waals surface area contributed by atoms with Gasteiger partial charge in [0.1, 0.15) is 0 Å². The third-order valence-electron chi connectivity index (χ3n) is 3.34. The Kier molecular flexibility index (Phi) is 3.55. The number of hydrogen-bond donors (Lipinski definition) is 3. The number of carbonyl (C=O) groups excluding carboxylic acids is 1. The number of primary amides is 1. The smallest absolute Gasteiger partial charge is 0.337 e. The summed E-state index contributed by atoms with van der Waals surface area (Å²) in [5.41, 5.74) is 11.5. The number of pyridine rings is 1. The first-order chi connectivity index (χ1) is 8.99. The lowest BCUT2D eigenvalue weighted by Crippen LogP contribution is -2.39. The molecule has 5 N–H and O–H groups in total. The summed E-state index contributed by atoms with van der Waals surface area (Å²) < 4.78 is 0. The first-order valence-electron chi connectivity index (χ1n) is 6.02. The van der Waals surface area contributed by atoms with Gasteiger partial charge < -0.3 is 21.5 Å². The molecule has 0 bridgehead atoms. The van der Waals surface area contributed by atoms with Gasteiger partial charge in [0.2, 0.25) is 5.91 Å². The lowest BCUT2D eigenvalue weighted by Gasteiger charge is -2.32. The summed E-state index contributed by atoms with van der Waals surface area (Å²) in [7, 11) is 0. The average molecular weight is 264 g/mol. The van der Waals surface area contributed by atoms with E-state index in [9.17, 15) is 9.59 Å². The summed E-state index contributed by atoms with van der Waals surface area (Å²) in [5.74, 6) is -0.872. The second-order valence-corrected chi connectivity index (χ2v) is 4.61. The zero-order chi connectivity index (χ0) is 14.0. The molecule has 0 spiro atoms. The highest BCUT2D eigenvalue weighted by Gasteiger charge is 2.25. The summed E-state index contributed by atoms with van der Waals surface area (Å²) in [6.07, 6.45) is 2.61. The zero-order valence-corrected chi connectivity index (χ0v) is 10.4. The molecule has 102 valence electrons. The molecule has 0 saturated carbocycles. The predicted octanol–water partition coefficient (Wildman–Crippen LogP) is 0.0637. The average Bonchev–Trinajstić information content (AvgIpc) is 2.38. The molecule has 1 aliphatic rings. The van der Waals surface area contributed by atoms with Gasteiger partial charge in [-0.3, -0.25) is 4.79 Å². The highest BCUT2D eigenvalue weighted by Crippen LogP contribution is 2.26. The van der Waals surface area contributed by atoms with Crippen LogP contribution in [0.1, 0.15) is 23.2 Å². The number of aromatic carboxylic acids is 1. The molecule has 7 nitrogen and oxygen atoms in total. The van der Waals surface area contributed by atoms with Crippen molar-refractivity contribution in [2.75, 3.05) is 23.7 Å². The second kappa shape index (κ2) is 5.13. The predicted molar refractivity (Wildman–Crippen MR) is 69.7 cm³/mol. The first-order valence-corrected chi connectivity index (χ1v) is 6.02. The molecule has 2 heterocycles. The number of nitrogens with zero attached hydrogens (tertiary/aromatic N) is 2. The molecule has 1 aliphatic heterocycles. The van der Waals surface area contributed by atoms with Crippen molar-refractivity contribution in [1.82, 2.24) is 4.98 Å². The maximum Gasteiger partial charge on any atom is 0.337 e. The molecule has 1 amide bonds. The van der Waals surface area contributed by atoms with Crippen LogP contribution in [-0.2, 0) is 4.79 Å². The zero-order valence-electron chi connectivity index (χ0n) is 10.4. The molecule has 7 heteroatoms. The molecule has 2 rings (SSSR count). The van der Waals surface area contributed by atoms with Crippen molar-refractivity contribution in [3.05, 3.63) is 17.8 Å². The van der Waals surface area contributed by atoms with Crippen LogP contribution in [0.25, 0.3) is 0 Å². The minimum Gasteiger partial charge on any atom is -0.478 e. The standard InChI is InChI=1S/C12H16N4O3/c13-9-5-8(12(18)19)6-15-11(9)16-3-1-7(2-4-16)10(14)17/h5-7H,1-4,13H2,(H2,14,17)(H,18,19). The monoisotopic (exact) mass is 264 g/mol. The maximum absolute atomic E-state index is 11.1. The number of rotatable bonds is 3. The molecular formula is C12H16N4O3. The van der Waals surface area contributed by atoms with Crippen molar-refractivity contribution in [3.63, 3.8) is 0 Å². The molecule has 0 aliphatic carbocycles. The van der Waals surface area contributed by atoms with Gasteiger partial charge in [0, 0.05) is 25.2 Å². The number of carboxylic acid groups (broad SMARTS) is 1. The Balaban J connectivity index is 2.11. The SMILES string of the molecule is NC(=O)C1CCN(c2ncc(C(=O)O)cc2N)CC1. The van der Waals surface area contributed by atoms with Crippen LogP contribution in [-0.4, -0.2) is 35.1 Å². The minimum atomic E-state index is -1.06. The molecule has 1 aromatic heterocycles. The van der Waals surface area contributed by atoms with E-state index in [1.165, 1.54) is 12.3 Å². The van der Waals surface area contributed by atoms with E-state index in [-0.39, 0.29) is 17.4 Å². The third kappa shape index (κ3) is 2.75. The summed E-state index contributed by atoms with van der Waals surface area (Å²) in [6.45, 7) is 1.27. The fraction of sp³-hybridized carbons (Fsp3) is 0.417. The van der Waals surface area contributed by atoms with E-state index in [4.69, 9.17) is 16.6 Å². The van der Waals surface area contributed by atoms with Gasteiger partial charge in [0.25, 0.3) is 0 Å². The fourth-order valence-corrected chi connectivity index (χ4v) is 2.23. The van der Waals surface area contributed by atoms with E-state index in [0.29, 0.717) is 37.4 Å². The van der Waals surface area contributed by atoms with Crippen LogP contribution in [0.3, 0.4) is 0 Å². The lowest BCUT2D eigenvalue weighted by atomic mass is 9.96. The minimum absolute atomic E-state index is 0.0632. The maximum atomic E-state index is 11.1. The fourth-order valence-electron chi connectivity index (χ4n) is 2.23. The molecule has 0 radical (unpaired) electrons. The number of nitrogen functional groups attached to an aromatic ring is 1. The van der Waals surface area contributed by atoms with Crippen LogP contribution in [0.5, 0.6) is 0 Å². The summed E-state index contributed by atoms with van der Waals surface area (Å²) in [5, 5.41) is 8.85. The summed E-state index contributed by atoms with van der Waals surface area (Å²) in [4.78, 5) is 27.9. The first kappa shape index (κ1) is 13.1. The van der Waals surface area contributed by atoms with Gasteiger partial charge in [0.05, 0.1) is 11.3 Å². The van der Waals surface area contributed by atoms with E-state index < -0.39 is 5.97 Å². The Morgan fingerprint density at radius 3 is 2.47 bits per heavy atom. The Morgan fingerprint density at radius 1 is 1.37 bits per heavy atom. The Hall–Kier alpha value is -2.31. The van der Waals surface area contributed by atoms with E-state index in [0.717, 1.165) is 0 Å². The van der Waals surface area contributed by atoms with Crippen molar-refractivity contribution in [3.8, 4) is 0 Å². The largest absolute Gasteiger partial charge is 0.478 e. The van der Waals surface area contributed by atoms with Crippen molar-refractivity contribution in [1.29, 1.82) is 0 Å². The number of hydrogen-bond acceptors (Lipinski definition) is 5. The van der Waals surface area contributed by atoms with Crippen molar-refractivity contribution >= 4 is 23.4 Å². The third-order valence-corrected chi connectivity index (χ3v) is 3.34. The number of anilines is 2. The highest BCUT2D eigenvalue weighted by atomic mass is 16.4. The molecule has 0 unspecified atom stereocenters. The van der Waals surface area contributed by atoms with Gasteiger partial charge in [-0.1, -0.05) is 0 Å². The van der Waals surface area contributed by atoms with Crippen LogP contribution < -0.4 is 16.4 Å². The van der Waals surface area contributed by atoms with Crippen LogP contribution >= 0.6 is 0 Å². The molecule has 0 aromatic carbocycles. The van der Waals surface area contributed by atoms with E-state index in [1.54, 1.807) is 0 Å². The summed E-state index contributed by atoms with van der Waals surface area (Å²) >= 11 is 0. The lowest BCUT2D eigenvalue weighted by molar-refractivity contribution is -0.122. The van der Waals surface area contributed by atoms with E-state index in [1.807, 2.05) is 4.90 Å². The molecule has 0 atom stereocenters. The Morgan fingerprint density at radius 2 is 2.00 bits per heavy atom. The van der Waals surface area contributed by atoms with Gasteiger partial charge >= 0.3 is 5.97 Å². The summed E-state index contributed by atoms with van der Waals surface area (Å²) in [6, 6.07) is 1.39. The van der Waals surface area contributed by atoms with Crippen LogP contribution in [0.2, 0.25) is 0 Å². The van der Waals surface area contributed by atoms with Gasteiger partial charge in [0.15, 0.2) is 5.82 Å². The van der Waals surface area contributed by atoms with Gasteiger partial charge in [-0.25, -0.2) is 9.78 Å². The number of carbonyl (C=O) groups is 2. The Labute approximate surface area is 110 Å². The van der Waals surface area contributed by atoms with Gasteiger partial charge in [-0.05, 0) is 18.9 Å². The number of amides is 1. The normalized spacial score (nSPS) is 16.3. The van der Waals surface area contributed by atoms with Gasteiger partial charge in [-0.2, -0.15) is 0 Å². The number of carboxylic acids is 1. The number of nitrogens with two attached hydrogens (primary N) is 2. The van der Waals surface area contributed by atoms with Crippen LogP contribution in [0.4, 0.5) is 11.5 Å². The Bertz CT molecular complexity index is 510. The molecule has 19 heavy (non-hydrogen) atoms. The van der Waals surface area contributed by atoms with Gasteiger partial charge in [-0.15, -0.1) is 0 Å². The number of piperidine rings is 1. The molecule has 1 aromatic rings. The second-order valence-electron chi connectivity index (χ2n) is 4.61. The quantitative estimate of drug-likeness (QED) is 0.709. The molecular weight excluding hydrogens is 248 g/mol. The molecule has 1 saturated heterocycles. The van der Waals surface area contributed by atoms with Crippen molar-refractivity contribution < 1.29 is 14.7 Å². The van der Waals surface area contributed by atoms with Crippen LogP contribution in [0.15, 0.2) is 12.3 Å². The van der Waals surface area contributed by atoms with Crippen molar-refractivity contribution in [2.24, 2.45) is 11.7 Å². The topological polar surface area (TPSA) is 123 Å². The van der Waals surface area contributed by atoms with Crippen LogP contribution in [0, 0.1) is 5.92 Å². The highest BCUT2D eigenvalue weighted by molar-refractivity contribution is 5.89. The molecule has 1 fully saturated rings.